The number of hydrogen-bond acceptors (Lipinski definition) is 4. The molecule has 1 saturated heterocycles. The minimum absolute atomic E-state index is 0.0903. The zero-order chi connectivity index (χ0) is 17.9. The van der Waals surface area contributed by atoms with Gasteiger partial charge in [-0.15, -0.1) is 0 Å². The number of carbonyl (C=O) groups excluding carboxylic acids is 1. The van der Waals surface area contributed by atoms with Crippen LogP contribution in [0.5, 0.6) is 0 Å². The molecule has 0 radical (unpaired) electrons. The number of benzene rings is 1. The molecule has 0 spiro atoms. The predicted octanol–water partition coefficient (Wildman–Crippen LogP) is 2.88. The number of aliphatic hydroxyl groups excluding tert-OH is 1. The van der Waals surface area contributed by atoms with Crippen molar-refractivity contribution in [3.05, 3.63) is 66.0 Å². The van der Waals surface area contributed by atoms with Crippen LogP contribution in [0.25, 0.3) is 11.0 Å². The molecule has 3 heterocycles. The Morgan fingerprint density at radius 1 is 1.27 bits per heavy atom. The van der Waals surface area contributed by atoms with Gasteiger partial charge in [-0.1, -0.05) is 30.3 Å². The first-order chi connectivity index (χ1) is 12.7. The van der Waals surface area contributed by atoms with Crippen LogP contribution >= 0.6 is 0 Å². The Morgan fingerprint density at radius 2 is 2.12 bits per heavy atom. The fraction of sp³-hybridized carbons (Fsp3) is 0.300. The molecular weight excluding hydrogens is 330 g/mol. The second-order valence-electron chi connectivity index (χ2n) is 6.65. The standard InChI is InChI=1S/C20H21N3O3/c24-17-10-16(9-15-11-22-19-18(15)7-4-8-21-19)23(12-17)20(25)26-13-14-5-2-1-3-6-14/h1-8,11,16-17,24H,9-10,12-13H2,(H,21,22)/t16-,17?/m1/s1. The highest BCUT2D eigenvalue weighted by atomic mass is 16.6. The number of aromatic amines is 1. The number of carbonyl (C=O) groups is 1. The van der Waals surface area contributed by atoms with Crippen molar-refractivity contribution in [3.63, 3.8) is 0 Å². The van der Waals surface area contributed by atoms with Gasteiger partial charge >= 0.3 is 6.09 Å². The van der Waals surface area contributed by atoms with E-state index < -0.39 is 6.10 Å². The Hall–Kier alpha value is -2.86. The predicted molar refractivity (Wildman–Crippen MR) is 97.5 cm³/mol. The number of nitrogens with zero attached hydrogens (tertiary/aromatic N) is 2. The van der Waals surface area contributed by atoms with Gasteiger partial charge in [-0.05, 0) is 36.1 Å². The molecule has 1 unspecified atom stereocenters. The van der Waals surface area contributed by atoms with Gasteiger partial charge in [0, 0.05) is 23.8 Å². The molecular formula is C20H21N3O3. The molecule has 2 N–H and O–H groups in total. The second-order valence-corrected chi connectivity index (χ2v) is 6.65. The Balaban J connectivity index is 1.45. The van der Waals surface area contributed by atoms with Gasteiger partial charge in [0.2, 0.25) is 0 Å². The van der Waals surface area contributed by atoms with Crippen molar-refractivity contribution >= 4 is 17.1 Å². The maximum absolute atomic E-state index is 12.5. The van der Waals surface area contributed by atoms with Crippen LogP contribution in [0.1, 0.15) is 17.5 Å². The van der Waals surface area contributed by atoms with Gasteiger partial charge in [0.15, 0.2) is 0 Å². The number of aromatic nitrogens is 2. The average Bonchev–Trinajstić information content (AvgIpc) is 3.24. The second kappa shape index (κ2) is 7.17. The van der Waals surface area contributed by atoms with Gasteiger partial charge in [-0.3, -0.25) is 0 Å². The van der Waals surface area contributed by atoms with Crippen LogP contribution in [0.4, 0.5) is 4.79 Å². The molecule has 134 valence electrons. The lowest BCUT2D eigenvalue weighted by Crippen LogP contribution is -2.37. The fourth-order valence-electron chi connectivity index (χ4n) is 3.55. The highest BCUT2D eigenvalue weighted by Crippen LogP contribution is 2.26. The summed E-state index contributed by atoms with van der Waals surface area (Å²) in [7, 11) is 0. The lowest BCUT2D eigenvalue weighted by Gasteiger charge is -2.23. The lowest BCUT2D eigenvalue weighted by atomic mass is 10.0. The van der Waals surface area contributed by atoms with Gasteiger partial charge in [-0.2, -0.15) is 0 Å². The number of ether oxygens (including phenoxy) is 1. The molecule has 6 nitrogen and oxygen atoms in total. The van der Waals surface area contributed by atoms with E-state index in [9.17, 15) is 9.90 Å². The van der Waals surface area contributed by atoms with E-state index in [0.29, 0.717) is 19.4 Å². The number of likely N-dealkylation sites (tertiary alicyclic amines) is 1. The molecule has 1 aliphatic heterocycles. The lowest BCUT2D eigenvalue weighted by molar-refractivity contribution is 0.0877. The van der Waals surface area contributed by atoms with Crippen molar-refractivity contribution in [2.45, 2.75) is 31.6 Å². The van der Waals surface area contributed by atoms with Crippen LogP contribution in [0.3, 0.4) is 0 Å². The number of β-amino-alcohol motifs (C(OH)–C–C–N with tert-alkyl or cyclic N) is 1. The number of pyridine rings is 1. The fourth-order valence-corrected chi connectivity index (χ4v) is 3.55. The van der Waals surface area contributed by atoms with Gasteiger partial charge in [-0.25, -0.2) is 9.78 Å². The summed E-state index contributed by atoms with van der Waals surface area (Å²) in [6.07, 6.45) is 3.97. The molecule has 3 aromatic rings. The minimum Gasteiger partial charge on any atom is -0.445 e. The molecule has 1 amide bonds. The third kappa shape index (κ3) is 3.41. The van der Waals surface area contributed by atoms with Crippen molar-refractivity contribution in [1.82, 2.24) is 14.9 Å². The van der Waals surface area contributed by atoms with Crippen LogP contribution < -0.4 is 0 Å². The summed E-state index contributed by atoms with van der Waals surface area (Å²) in [5.41, 5.74) is 2.87. The topological polar surface area (TPSA) is 78.5 Å². The molecule has 1 aliphatic rings. The average molecular weight is 351 g/mol. The molecule has 1 fully saturated rings. The number of aliphatic hydroxyl groups is 1. The molecule has 1 aromatic carbocycles. The van der Waals surface area contributed by atoms with Gasteiger partial charge in [0.1, 0.15) is 12.3 Å². The van der Waals surface area contributed by atoms with E-state index in [1.165, 1.54) is 0 Å². The molecule has 6 heteroatoms. The Bertz CT molecular complexity index is 893. The summed E-state index contributed by atoms with van der Waals surface area (Å²) in [5.74, 6) is 0. The van der Waals surface area contributed by atoms with Crippen LogP contribution in [0.15, 0.2) is 54.9 Å². The summed E-state index contributed by atoms with van der Waals surface area (Å²) >= 11 is 0. The number of hydrogen-bond donors (Lipinski definition) is 2. The highest BCUT2D eigenvalue weighted by molar-refractivity contribution is 5.79. The molecule has 0 saturated carbocycles. The van der Waals surface area contributed by atoms with Crippen LogP contribution in [0, 0.1) is 0 Å². The smallest absolute Gasteiger partial charge is 0.410 e. The monoisotopic (exact) mass is 351 g/mol. The van der Waals surface area contributed by atoms with Gasteiger partial charge in [0.25, 0.3) is 0 Å². The van der Waals surface area contributed by atoms with Crippen molar-refractivity contribution < 1.29 is 14.6 Å². The molecule has 26 heavy (non-hydrogen) atoms. The number of rotatable bonds is 4. The van der Waals surface area contributed by atoms with E-state index in [0.717, 1.165) is 22.2 Å². The minimum atomic E-state index is -0.521. The zero-order valence-corrected chi connectivity index (χ0v) is 14.3. The normalized spacial score (nSPS) is 19.8. The van der Waals surface area contributed by atoms with E-state index in [-0.39, 0.29) is 18.7 Å². The van der Waals surface area contributed by atoms with Crippen LogP contribution in [0.2, 0.25) is 0 Å². The zero-order valence-electron chi connectivity index (χ0n) is 14.3. The van der Waals surface area contributed by atoms with Crippen LogP contribution in [-0.2, 0) is 17.8 Å². The quantitative estimate of drug-likeness (QED) is 0.758. The van der Waals surface area contributed by atoms with E-state index >= 15 is 0 Å². The summed E-state index contributed by atoms with van der Waals surface area (Å²) in [6.45, 7) is 0.537. The van der Waals surface area contributed by atoms with E-state index in [1.54, 1.807) is 11.1 Å². The molecule has 0 bridgehead atoms. The van der Waals surface area contributed by atoms with Crippen molar-refractivity contribution in [2.24, 2.45) is 0 Å². The van der Waals surface area contributed by atoms with Crippen LogP contribution in [-0.4, -0.2) is 44.8 Å². The van der Waals surface area contributed by atoms with E-state index in [1.807, 2.05) is 48.7 Å². The molecule has 0 aliphatic carbocycles. The van der Waals surface area contributed by atoms with Crippen molar-refractivity contribution in [3.8, 4) is 0 Å². The summed E-state index contributed by atoms with van der Waals surface area (Å²) in [5, 5.41) is 11.1. The van der Waals surface area contributed by atoms with E-state index in [4.69, 9.17) is 4.74 Å². The number of H-pyrrole nitrogens is 1. The first kappa shape index (κ1) is 16.6. The first-order valence-corrected chi connectivity index (χ1v) is 8.77. The van der Waals surface area contributed by atoms with Crippen molar-refractivity contribution in [2.75, 3.05) is 6.54 Å². The molecule has 2 aromatic heterocycles. The number of amides is 1. The maximum atomic E-state index is 12.5. The molecule has 4 rings (SSSR count). The third-order valence-electron chi connectivity index (χ3n) is 4.82. The summed E-state index contributed by atoms with van der Waals surface area (Å²) < 4.78 is 5.45. The first-order valence-electron chi connectivity index (χ1n) is 8.77. The largest absolute Gasteiger partial charge is 0.445 e. The van der Waals surface area contributed by atoms with Crippen molar-refractivity contribution in [1.29, 1.82) is 0 Å². The Kier molecular flexibility index (Phi) is 4.58. The highest BCUT2D eigenvalue weighted by Gasteiger charge is 2.35. The van der Waals surface area contributed by atoms with Gasteiger partial charge in [0.05, 0.1) is 12.6 Å². The van der Waals surface area contributed by atoms with E-state index in [2.05, 4.69) is 9.97 Å². The number of nitrogens with one attached hydrogen (secondary N) is 1. The Morgan fingerprint density at radius 3 is 2.96 bits per heavy atom. The summed E-state index contributed by atoms with van der Waals surface area (Å²) in [4.78, 5) is 21.6. The van der Waals surface area contributed by atoms with Gasteiger partial charge < -0.3 is 19.7 Å². The molecule has 2 atom stereocenters. The Labute approximate surface area is 151 Å². The maximum Gasteiger partial charge on any atom is 0.410 e. The SMILES string of the molecule is O=C(OCc1ccccc1)N1CC(O)C[C@H]1Cc1c[nH]c2ncccc12. The number of fused-ring (bicyclic) bond motifs is 1. The summed E-state index contributed by atoms with van der Waals surface area (Å²) in [6, 6.07) is 13.4. The third-order valence-corrected chi connectivity index (χ3v) is 4.82.